The minimum atomic E-state index is -4.75. The Hall–Kier alpha value is -3.74. The van der Waals surface area contributed by atoms with Crippen LogP contribution in [-0.4, -0.2) is 46.1 Å². The van der Waals surface area contributed by atoms with E-state index in [1.54, 1.807) is 60.7 Å². The number of hydrogen-bond donors (Lipinski definition) is 1. The topological polar surface area (TPSA) is 109 Å². The molecule has 3 aromatic rings. The summed E-state index contributed by atoms with van der Waals surface area (Å²) in [5.74, 6) is -0.826. The first kappa shape index (κ1) is 28.3. The van der Waals surface area contributed by atoms with Crippen LogP contribution in [0.4, 0.5) is 13.2 Å². The molecule has 0 aliphatic carbocycles. The summed E-state index contributed by atoms with van der Waals surface area (Å²) in [4.78, 5) is 38.4. The first-order valence-corrected chi connectivity index (χ1v) is 12.1. The maximum atomic E-state index is 14.1. The molecule has 1 saturated heterocycles. The minimum absolute atomic E-state index is 0.0310. The molecule has 2 heterocycles. The number of alkyl halides is 3. The highest BCUT2D eigenvalue weighted by atomic mass is 19.4. The van der Waals surface area contributed by atoms with Gasteiger partial charge in [0.2, 0.25) is 0 Å². The Balaban J connectivity index is 1.76. The van der Waals surface area contributed by atoms with Gasteiger partial charge in [-0.05, 0) is 11.1 Å². The van der Waals surface area contributed by atoms with E-state index >= 15 is 0 Å². The Morgan fingerprint density at radius 2 is 1.62 bits per heavy atom. The third kappa shape index (κ3) is 7.22. The minimum Gasteiger partial charge on any atom is -0.455 e. The lowest BCUT2D eigenvalue weighted by molar-refractivity contribution is -0.227. The molecule has 4 rings (SSSR count). The van der Waals surface area contributed by atoms with E-state index in [1.165, 1.54) is 0 Å². The smallest absolute Gasteiger partial charge is 0.392 e. The van der Waals surface area contributed by atoms with Gasteiger partial charge in [0.1, 0.15) is 11.7 Å². The van der Waals surface area contributed by atoms with Gasteiger partial charge >= 0.3 is 17.8 Å². The maximum absolute atomic E-state index is 14.1. The number of hydrogen-bond acceptors (Lipinski definition) is 7. The van der Waals surface area contributed by atoms with Gasteiger partial charge in [-0.15, -0.1) is 0 Å². The van der Waals surface area contributed by atoms with E-state index in [1.807, 2.05) is 4.98 Å². The summed E-state index contributed by atoms with van der Waals surface area (Å²) < 4.78 is 66.2. The van der Waals surface area contributed by atoms with Gasteiger partial charge in [-0.3, -0.25) is 19.1 Å². The number of rotatable bonds is 10. The molecule has 0 amide bonds. The van der Waals surface area contributed by atoms with Gasteiger partial charge in [0.05, 0.1) is 26.2 Å². The summed E-state index contributed by atoms with van der Waals surface area (Å²) in [5, 5.41) is 0. The molecule has 9 nitrogen and oxygen atoms in total. The summed E-state index contributed by atoms with van der Waals surface area (Å²) in [6, 6.07) is 18.5. The molecule has 0 unspecified atom stereocenters. The van der Waals surface area contributed by atoms with Crippen molar-refractivity contribution in [2.75, 3.05) is 6.61 Å². The van der Waals surface area contributed by atoms with Crippen molar-refractivity contribution in [3.8, 4) is 0 Å². The molecule has 1 N–H and O–H groups in total. The molecule has 1 aromatic heterocycles. The first-order valence-electron chi connectivity index (χ1n) is 12.1. The summed E-state index contributed by atoms with van der Waals surface area (Å²) in [6.45, 7) is 0.304. The summed E-state index contributed by atoms with van der Waals surface area (Å²) in [6.07, 6.45) is -9.77. The Labute approximate surface area is 221 Å². The monoisotopic (exact) mass is 548 g/mol. The highest BCUT2D eigenvalue weighted by Crippen LogP contribution is 2.46. The van der Waals surface area contributed by atoms with Gasteiger partial charge in [-0.1, -0.05) is 60.7 Å². The normalized spacial score (nSPS) is 23.0. The average Bonchev–Trinajstić information content (AvgIpc) is 3.14. The molecular formula is C27H27F3N2O7. The molecule has 0 bridgehead atoms. The van der Waals surface area contributed by atoms with Crippen LogP contribution in [0.3, 0.4) is 0 Å². The molecule has 1 aliphatic heterocycles. The lowest BCUT2D eigenvalue weighted by atomic mass is 9.91. The van der Waals surface area contributed by atoms with E-state index in [9.17, 15) is 27.6 Å². The molecule has 0 saturated carbocycles. The van der Waals surface area contributed by atoms with Gasteiger partial charge in [0.25, 0.3) is 5.56 Å². The van der Waals surface area contributed by atoms with Crippen LogP contribution in [0.2, 0.25) is 0 Å². The molecule has 208 valence electrons. The van der Waals surface area contributed by atoms with Crippen LogP contribution in [0, 0.1) is 0 Å². The second-order valence-electron chi connectivity index (χ2n) is 9.15. The second kappa shape index (κ2) is 12.0. The average molecular weight is 549 g/mol. The third-order valence-electron chi connectivity index (χ3n) is 6.11. The zero-order chi connectivity index (χ0) is 28.0. The fourth-order valence-corrected chi connectivity index (χ4v) is 4.55. The fourth-order valence-electron chi connectivity index (χ4n) is 4.55. The number of benzene rings is 2. The molecule has 4 atom stereocenters. The molecule has 39 heavy (non-hydrogen) atoms. The van der Waals surface area contributed by atoms with E-state index in [0.717, 1.165) is 23.8 Å². The molecule has 0 spiro atoms. The number of aromatic amines is 1. The Bertz CT molecular complexity index is 1360. The Morgan fingerprint density at radius 3 is 2.18 bits per heavy atom. The number of esters is 1. The van der Waals surface area contributed by atoms with Gasteiger partial charge in [0, 0.05) is 19.2 Å². The molecule has 0 radical (unpaired) electrons. The zero-order valence-electron chi connectivity index (χ0n) is 20.9. The van der Waals surface area contributed by atoms with E-state index in [-0.39, 0.29) is 13.2 Å². The molecule has 12 heteroatoms. The Kier molecular flexibility index (Phi) is 8.68. The van der Waals surface area contributed by atoms with Crippen molar-refractivity contribution in [1.82, 2.24) is 9.55 Å². The molecule has 1 aliphatic rings. The predicted molar refractivity (Wildman–Crippen MR) is 132 cm³/mol. The first-order chi connectivity index (χ1) is 18.6. The number of H-pyrrole nitrogens is 1. The van der Waals surface area contributed by atoms with Crippen LogP contribution in [0.5, 0.6) is 0 Å². The maximum Gasteiger partial charge on any atom is 0.392 e. The van der Waals surface area contributed by atoms with Gasteiger partial charge in [-0.2, -0.15) is 13.2 Å². The highest BCUT2D eigenvalue weighted by molar-refractivity contribution is 5.66. The Morgan fingerprint density at radius 1 is 1.00 bits per heavy atom. The SMILES string of the molecule is CC(=O)O[C@H]1[C@H](n2ccc(=O)[nH]c2=O)O[C@@](COCc2ccccc2)(CC(F)(F)F)[C@H]1OCc1ccccc1. The van der Waals surface area contributed by atoms with Crippen LogP contribution in [0.25, 0.3) is 0 Å². The number of aromatic nitrogens is 2. The van der Waals surface area contributed by atoms with Crippen LogP contribution in [0.15, 0.2) is 82.5 Å². The van der Waals surface area contributed by atoms with Crippen LogP contribution in [-0.2, 0) is 37.0 Å². The lowest BCUT2D eigenvalue weighted by Crippen LogP contribution is -2.51. The summed E-state index contributed by atoms with van der Waals surface area (Å²) >= 11 is 0. The number of carbonyl (C=O) groups is 1. The van der Waals surface area contributed by atoms with Crippen molar-refractivity contribution < 1.29 is 36.9 Å². The zero-order valence-corrected chi connectivity index (χ0v) is 20.9. The third-order valence-corrected chi connectivity index (χ3v) is 6.11. The van der Waals surface area contributed by atoms with E-state index in [4.69, 9.17) is 18.9 Å². The number of carbonyl (C=O) groups excluding carboxylic acids is 1. The van der Waals surface area contributed by atoms with E-state index in [2.05, 4.69) is 0 Å². The number of nitrogens with one attached hydrogen (secondary N) is 1. The molecule has 1 fully saturated rings. The van der Waals surface area contributed by atoms with Crippen molar-refractivity contribution in [3.63, 3.8) is 0 Å². The fraction of sp³-hybridized carbons (Fsp3) is 0.370. The number of nitrogens with zero attached hydrogens (tertiary/aromatic N) is 1. The lowest BCUT2D eigenvalue weighted by Gasteiger charge is -2.35. The van der Waals surface area contributed by atoms with Crippen molar-refractivity contribution in [2.24, 2.45) is 0 Å². The highest BCUT2D eigenvalue weighted by Gasteiger charge is 2.62. The molecule has 2 aromatic carbocycles. The van der Waals surface area contributed by atoms with Gasteiger partial charge < -0.3 is 18.9 Å². The summed E-state index contributed by atoms with van der Waals surface area (Å²) in [5.41, 5.74) is -2.54. The molecular weight excluding hydrogens is 521 g/mol. The van der Waals surface area contributed by atoms with E-state index < -0.39 is 60.5 Å². The number of halogens is 3. The van der Waals surface area contributed by atoms with Crippen LogP contribution < -0.4 is 11.2 Å². The second-order valence-corrected chi connectivity index (χ2v) is 9.15. The quantitative estimate of drug-likeness (QED) is 0.387. The van der Waals surface area contributed by atoms with Crippen molar-refractivity contribution in [2.45, 2.75) is 56.8 Å². The van der Waals surface area contributed by atoms with Crippen molar-refractivity contribution in [1.29, 1.82) is 0 Å². The summed E-state index contributed by atoms with van der Waals surface area (Å²) in [7, 11) is 0. The van der Waals surface area contributed by atoms with Crippen molar-refractivity contribution in [3.05, 3.63) is 105 Å². The van der Waals surface area contributed by atoms with Gasteiger partial charge in [-0.25, -0.2) is 4.79 Å². The number of ether oxygens (including phenoxy) is 4. The van der Waals surface area contributed by atoms with Crippen molar-refractivity contribution >= 4 is 5.97 Å². The van der Waals surface area contributed by atoms with Gasteiger partial charge in [0.15, 0.2) is 12.3 Å². The standard InChI is InChI=1S/C27H27F3N2O7/c1-18(33)38-22-23(37-15-20-10-6-3-7-11-20)26(16-27(28,29)30,17-36-14-19-8-4-2-5-9-19)39-24(22)32-13-12-21(34)31-25(32)35/h2-13,22-24H,14-17H2,1H3,(H,31,34,35)/t22-,23+,24-,26-/m1/s1. The largest absolute Gasteiger partial charge is 0.455 e. The van der Waals surface area contributed by atoms with Crippen LogP contribution >= 0.6 is 0 Å². The van der Waals surface area contributed by atoms with Crippen LogP contribution in [0.1, 0.15) is 30.7 Å². The van der Waals surface area contributed by atoms with E-state index in [0.29, 0.717) is 11.1 Å². The predicted octanol–water partition coefficient (Wildman–Crippen LogP) is 3.49.